The molecule has 2 aliphatic rings. The Morgan fingerprint density at radius 1 is 1.11 bits per heavy atom. The van der Waals surface area contributed by atoms with Crippen molar-refractivity contribution in [2.75, 3.05) is 51.5 Å². The molecule has 3 rings (SSSR count). The number of rotatable bonds is 16. The second-order valence-corrected chi connectivity index (χ2v) is 11.1. The van der Waals surface area contributed by atoms with Crippen molar-refractivity contribution in [3.8, 4) is 0 Å². The largest absolute Gasteiger partial charge is 0.444 e. The number of amides is 5. The number of hydrogen-bond acceptors (Lipinski definition) is 10. The maximum Gasteiger partial charge on any atom is 0.408 e. The first-order chi connectivity index (χ1) is 21.0. The number of benzene rings is 1. The monoisotopic (exact) mass is 617 g/mol. The molecule has 16 heteroatoms. The zero-order chi connectivity index (χ0) is 32.1. The first kappa shape index (κ1) is 34.3. The molecule has 0 aromatic heterocycles. The first-order valence-electron chi connectivity index (χ1n) is 14.3. The van der Waals surface area contributed by atoms with Gasteiger partial charge in [-0.25, -0.2) is 4.79 Å². The lowest BCUT2D eigenvalue weighted by Gasteiger charge is -2.29. The Labute approximate surface area is 254 Å². The number of hydrogen-bond donors (Lipinski definition) is 3. The van der Waals surface area contributed by atoms with Crippen molar-refractivity contribution in [3.63, 3.8) is 0 Å². The Hall–Kier alpha value is -4.24. The highest BCUT2D eigenvalue weighted by molar-refractivity contribution is 6.05. The van der Waals surface area contributed by atoms with Gasteiger partial charge in [-0.2, -0.15) is 0 Å². The third-order valence-electron chi connectivity index (χ3n) is 6.41. The van der Waals surface area contributed by atoms with Crippen LogP contribution in [0.1, 0.15) is 56.0 Å². The number of nitrogens with one attached hydrogen (secondary N) is 3. The van der Waals surface area contributed by atoms with E-state index >= 15 is 0 Å². The van der Waals surface area contributed by atoms with E-state index in [9.17, 15) is 24.0 Å². The molecule has 3 N–H and O–H groups in total. The molecular formula is C28H39N7O9. The summed E-state index contributed by atoms with van der Waals surface area (Å²) in [4.78, 5) is 65.5. The van der Waals surface area contributed by atoms with Crippen molar-refractivity contribution in [2.24, 2.45) is 5.11 Å². The molecule has 44 heavy (non-hydrogen) atoms. The second-order valence-electron chi connectivity index (χ2n) is 11.1. The topological polar surface area (TPSA) is 210 Å². The molecule has 0 bridgehead atoms. The summed E-state index contributed by atoms with van der Waals surface area (Å²) in [7, 11) is 0. The SMILES string of the molecule is CC(C)(C)OC(=O)NC(COCCOCCN=[N+]=[N-])COCCC(=O)Nc1ccc2c(c1)CN(C1CCC(=O)NC1=O)C2=O. The summed E-state index contributed by atoms with van der Waals surface area (Å²) in [5.41, 5.74) is 9.18. The van der Waals surface area contributed by atoms with Crippen LogP contribution in [0.15, 0.2) is 23.3 Å². The van der Waals surface area contributed by atoms with E-state index < -0.39 is 29.7 Å². The Kier molecular flexibility index (Phi) is 12.9. The van der Waals surface area contributed by atoms with Crippen LogP contribution in [0, 0.1) is 0 Å². The van der Waals surface area contributed by atoms with Crippen molar-refractivity contribution < 1.29 is 42.9 Å². The molecule has 1 saturated heterocycles. The van der Waals surface area contributed by atoms with Crippen LogP contribution in [0.3, 0.4) is 0 Å². The molecular weight excluding hydrogens is 578 g/mol. The van der Waals surface area contributed by atoms with Crippen LogP contribution < -0.4 is 16.0 Å². The van der Waals surface area contributed by atoms with Gasteiger partial charge in [-0.15, -0.1) is 0 Å². The van der Waals surface area contributed by atoms with Gasteiger partial charge in [-0.3, -0.25) is 24.5 Å². The first-order valence-corrected chi connectivity index (χ1v) is 14.3. The highest BCUT2D eigenvalue weighted by Crippen LogP contribution is 2.29. The quantitative estimate of drug-likeness (QED) is 0.0813. The summed E-state index contributed by atoms with van der Waals surface area (Å²) in [5.74, 6) is -1.45. The molecule has 0 saturated carbocycles. The van der Waals surface area contributed by atoms with E-state index in [1.54, 1.807) is 39.0 Å². The zero-order valence-electron chi connectivity index (χ0n) is 25.1. The predicted octanol–water partition coefficient (Wildman–Crippen LogP) is 2.03. The highest BCUT2D eigenvalue weighted by atomic mass is 16.6. The standard InChI is InChI=1S/C28H39N7O9/c1-28(2,3)44-27(40)32-20(17-43-13-12-41-11-9-30-34-29)16-42-10-8-24(37)31-19-4-5-21-18(14-19)15-35(26(21)39)22-6-7-23(36)33-25(22)38/h4-5,14,20,22H,6-13,15-17H2,1-3H3,(H,31,37)(H,32,40)(H,33,36,38). The lowest BCUT2D eigenvalue weighted by atomic mass is 10.0. The maximum absolute atomic E-state index is 12.9. The van der Waals surface area contributed by atoms with Crippen molar-refractivity contribution in [3.05, 3.63) is 39.8 Å². The molecule has 2 unspecified atom stereocenters. The predicted molar refractivity (Wildman–Crippen MR) is 155 cm³/mol. The molecule has 5 amide bonds. The van der Waals surface area contributed by atoms with Crippen LogP contribution >= 0.6 is 0 Å². The summed E-state index contributed by atoms with van der Waals surface area (Å²) in [6.45, 7) is 6.65. The van der Waals surface area contributed by atoms with E-state index in [0.717, 1.165) is 0 Å². The van der Waals surface area contributed by atoms with Gasteiger partial charge < -0.3 is 34.5 Å². The van der Waals surface area contributed by atoms with Crippen molar-refractivity contribution in [1.29, 1.82) is 0 Å². The van der Waals surface area contributed by atoms with E-state index in [-0.39, 0.29) is 89.7 Å². The average Bonchev–Trinajstić information content (AvgIpc) is 3.26. The number of alkyl carbamates (subject to hydrolysis) is 1. The summed E-state index contributed by atoms with van der Waals surface area (Å²) < 4.78 is 21.8. The van der Waals surface area contributed by atoms with Gasteiger partial charge in [0.1, 0.15) is 11.6 Å². The van der Waals surface area contributed by atoms with Gasteiger partial charge in [0.2, 0.25) is 17.7 Å². The molecule has 0 spiro atoms. The van der Waals surface area contributed by atoms with Gasteiger partial charge in [0.25, 0.3) is 5.91 Å². The minimum absolute atomic E-state index is 0.0252. The van der Waals surface area contributed by atoms with Crippen LogP contribution in [0.2, 0.25) is 0 Å². The number of fused-ring (bicyclic) bond motifs is 1. The Morgan fingerprint density at radius 3 is 2.55 bits per heavy atom. The molecule has 2 heterocycles. The van der Waals surface area contributed by atoms with Gasteiger partial charge >= 0.3 is 6.09 Å². The molecule has 2 atom stereocenters. The van der Waals surface area contributed by atoms with E-state index in [2.05, 4.69) is 26.0 Å². The molecule has 240 valence electrons. The second kappa shape index (κ2) is 16.6. The minimum Gasteiger partial charge on any atom is -0.444 e. The van der Waals surface area contributed by atoms with Crippen LogP contribution in [0.5, 0.6) is 0 Å². The summed E-state index contributed by atoms with van der Waals surface area (Å²) in [6, 6.07) is 3.63. The number of azide groups is 1. The molecule has 1 aromatic carbocycles. The van der Waals surface area contributed by atoms with E-state index in [1.807, 2.05) is 0 Å². The number of anilines is 1. The third-order valence-corrected chi connectivity index (χ3v) is 6.41. The normalized spacial score (nSPS) is 16.9. The fraction of sp³-hybridized carbons (Fsp3) is 0.607. The van der Waals surface area contributed by atoms with Crippen LogP contribution in [-0.4, -0.2) is 98.5 Å². The van der Waals surface area contributed by atoms with Gasteiger partial charge in [0, 0.05) is 35.7 Å². The third kappa shape index (κ3) is 11.1. The summed E-state index contributed by atoms with van der Waals surface area (Å²) in [6.07, 6.45) is -0.175. The smallest absolute Gasteiger partial charge is 0.408 e. The molecule has 2 aliphatic heterocycles. The Balaban J connectivity index is 1.43. The van der Waals surface area contributed by atoms with E-state index in [0.29, 0.717) is 16.8 Å². The molecule has 0 aliphatic carbocycles. The molecule has 1 aromatic rings. The average molecular weight is 618 g/mol. The van der Waals surface area contributed by atoms with Crippen molar-refractivity contribution >= 4 is 35.4 Å². The summed E-state index contributed by atoms with van der Waals surface area (Å²) >= 11 is 0. The van der Waals surface area contributed by atoms with E-state index in [1.165, 1.54) is 4.90 Å². The van der Waals surface area contributed by atoms with Crippen molar-refractivity contribution in [2.45, 2.75) is 64.3 Å². The Bertz CT molecular complexity index is 1260. The minimum atomic E-state index is -0.717. The fourth-order valence-electron chi connectivity index (χ4n) is 4.47. The van der Waals surface area contributed by atoms with E-state index in [4.69, 9.17) is 24.5 Å². The maximum atomic E-state index is 12.9. The molecule has 1 fully saturated rings. The Morgan fingerprint density at radius 2 is 1.84 bits per heavy atom. The van der Waals surface area contributed by atoms with Gasteiger partial charge in [0.15, 0.2) is 0 Å². The van der Waals surface area contributed by atoms with Gasteiger partial charge in [0.05, 0.1) is 52.1 Å². The molecule has 0 radical (unpaired) electrons. The number of imide groups is 1. The van der Waals surface area contributed by atoms with Gasteiger partial charge in [-0.1, -0.05) is 5.11 Å². The highest BCUT2D eigenvalue weighted by Gasteiger charge is 2.39. The lowest BCUT2D eigenvalue weighted by molar-refractivity contribution is -0.137. The number of ether oxygens (including phenoxy) is 4. The number of nitrogens with zero attached hydrogens (tertiary/aromatic N) is 4. The van der Waals surface area contributed by atoms with Crippen LogP contribution in [0.25, 0.3) is 10.4 Å². The van der Waals surface area contributed by atoms with Crippen LogP contribution in [-0.2, 0) is 39.9 Å². The number of carbonyl (C=O) groups is 5. The number of piperidine rings is 1. The summed E-state index contributed by atoms with van der Waals surface area (Å²) in [5, 5.41) is 11.1. The molecule has 16 nitrogen and oxygen atoms in total. The van der Waals surface area contributed by atoms with Crippen LogP contribution in [0.4, 0.5) is 10.5 Å². The zero-order valence-corrected chi connectivity index (χ0v) is 25.1. The fourth-order valence-corrected chi connectivity index (χ4v) is 4.47. The lowest BCUT2D eigenvalue weighted by Crippen LogP contribution is -2.52. The van der Waals surface area contributed by atoms with Crippen molar-refractivity contribution in [1.82, 2.24) is 15.5 Å². The number of carbonyl (C=O) groups excluding carboxylic acids is 5. The van der Waals surface area contributed by atoms with Gasteiger partial charge in [-0.05, 0) is 56.5 Å².